The minimum atomic E-state index is -2.38. The average molecular weight is 196 g/mol. The highest BCUT2D eigenvalue weighted by atomic mass is 19.3. The van der Waals surface area contributed by atoms with E-state index in [1.54, 1.807) is 18.2 Å². The molecule has 0 aliphatic carbocycles. The number of benzene rings is 1. The first-order valence-electron chi connectivity index (χ1n) is 4.13. The highest BCUT2D eigenvalue weighted by Gasteiger charge is 2.04. The zero-order chi connectivity index (χ0) is 9.97. The molecule has 0 saturated heterocycles. The van der Waals surface area contributed by atoms with Crippen molar-refractivity contribution in [1.82, 2.24) is 9.97 Å². The van der Waals surface area contributed by atoms with Gasteiger partial charge in [-0.3, -0.25) is 0 Å². The van der Waals surface area contributed by atoms with Gasteiger partial charge in [0.2, 0.25) is 5.95 Å². The van der Waals surface area contributed by atoms with Gasteiger partial charge in [0.15, 0.2) is 0 Å². The highest BCUT2D eigenvalue weighted by molar-refractivity contribution is 5.76. The number of nitrogens with one attached hydrogen (secondary N) is 2. The van der Waals surface area contributed by atoms with Crippen molar-refractivity contribution in [1.29, 1.82) is 0 Å². The number of fused-ring (bicyclic) bond motifs is 1. The van der Waals surface area contributed by atoms with E-state index < -0.39 is 13.0 Å². The lowest BCUT2D eigenvalue weighted by molar-refractivity contribution is 0.163. The van der Waals surface area contributed by atoms with Crippen LogP contribution in [0.15, 0.2) is 18.2 Å². The summed E-state index contributed by atoms with van der Waals surface area (Å²) in [5.74, 6) is 0.361. The second-order valence-corrected chi connectivity index (χ2v) is 2.80. The van der Waals surface area contributed by atoms with E-state index in [1.165, 1.54) is 0 Å². The number of aromatic amines is 1. The Kier molecular flexibility index (Phi) is 2.30. The fourth-order valence-corrected chi connectivity index (χ4v) is 1.15. The van der Waals surface area contributed by atoms with Gasteiger partial charge in [0.25, 0.3) is 6.43 Å². The van der Waals surface area contributed by atoms with Gasteiger partial charge in [-0.25, -0.2) is 13.8 Å². The van der Waals surface area contributed by atoms with Crippen LogP contribution in [0.2, 0.25) is 0 Å². The van der Waals surface area contributed by atoms with E-state index in [-0.39, 0.29) is 0 Å². The van der Waals surface area contributed by atoms with Gasteiger partial charge in [0.1, 0.15) is 0 Å². The lowest BCUT2D eigenvalue weighted by Gasteiger charge is -1.99. The fraction of sp³-hybridized carbons (Fsp3) is 0.222. The molecule has 0 saturated carbocycles. The Morgan fingerprint density at radius 2 is 2.43 bits per heavy atom. The van der Waals surface area contributed by atoms with Gasteiger partial charge in [-0.2, -0.15) is 0 Å². The van der Waals surface area contributed by atoms with Gasteiger partial charge in [-0.1, -0.05) is 6.07 Å². The molecule has 0 atom stereocenters. The third-order valence-corrected chi connectivity index (χ3v) is 1.75. The van der Waals surface area contributed by atoms with Crippen LogP contribution in [-0.2, 0) is 0 Å². The van der Waals surface area contributed by atoms with Crippen molar-refractivity contribution in [2.24, 2.45) is 0 Å². The summed E-state index contributed by atoms with van der Waals surface area (Å²) >= 11 is 0. The zero-order valence-corrected chi connectivity index (χ0v) is 7.22. The molecule has 1 heterocycles. The van der Waals surface area contributed by atoms with Crippen LogP contribution in [0.3, 0.4) is 0 Å². The molecule has 5 heteroatoms. The summed E-state index contributed by atoms with van der Waals surface area (Å²) in [6.45, 7) is -0.399. The van der Waals surface area contributed by atoms with E-state index in [1.807, 2.05) is 0 Å². The quantitative estimate of drug-likeness (QED) is 0.788. The maximum absolute atomic E-state index is 11.9. The summed E-state index contributed by atoms with van der Waals surface area (Å²) in [4.78, 5) is 6.93. The lowest BCUT2D eigenvalue weighted by atomic mass is 10.3. The first kappa shape index (κ1) is 8.93. The number of aromatic nitrogens is 2. The molecule has 2 aromatic rings. The highest BCUT2D eigenvalue weighted by Crippen LogP contribution is 2.12. The molecule has 2 rings (SSSR count). The lowest BCUT2D eigenvalue weighted by Crippen LogP contribution is -2.10. The van der Waals surface area contributed by atoms with Crippen LogP contribution in [0.25, 0.3) is 11.0 Å². The van der Waals surface area contributed by atoms with Gasteiger partial charge in [-0.05, 0) is 18.2 Å². The predicted octanol–water partition coefficient (Wildman–Crippen LogP) is 2.04. The molecule has 0 spiro atoms. The number of anilines is 1. The zero-order valence-electron chi connectivity index (χ0n) is 7.22. The first-order valence-corrected chi connectivity index (χ1v) is 4.13. The third-order valence-electron chi connectivity index (χ3n) is 1.75. The Hall–Kier alpha value is -1.65. The number of halogens is 2. The summed E-state index contributed by atoms with van der Waals surface area (Å²) in [6.07, 6.45) is -2.38. The molecular formula is C9H8F2N3. The molecular weight excluding hydrogens is 188 g/mol. The van der Waals surface area contributed by atoms with Crippen LogP contribution in [-0.4, -0.2) is 22.9 Å². The van der Waals surface area contributed by atoms with Crippen molar-refractivity contribution in [3.63, 3.8) is 0 Å². The van der Waals surface area contributed by atoms with E-state index in [9.17, 15) is 8.78 Å². The van der Waals surface area contributed by atoms with E-state index in [0.717, 1.165) is 11.0 Å². The third kappa shape index (κ3) is 1.81. The molecule has 0 amide bonds. The second kappa shape index (κ2) is 3.61. The Balaban J connectivity index is 2.19. The largest absolute Gasteiger partial charge is 0.350 e. The number of hydrogen-bond acceptors (Lipinski definition) is 2. The molecule has 1 aromatic heterocycles. The molecule has 0 aliphatic heterocycles. The van der Waals surface area contributed by atoms with Crippen LogP contribution >= 0.6 is 0 Å². The topological polar surface area (TPSA) is 40.7 Å². The van der Waals surface area contributed by atoms with Crippen molar-refractivity contribution < 1.29 is 8.78 Å². The summed E-state index contributed by atoms with van der Waals surface area (Å²) in [6, 6.07) is 8.07. The maximum Gasteiger partial charge on any atom is 0.255 e. The Morgan fingerprint density at radius 3 is 3.14 bits per heavy atom. The summed E-state index contributed by atoms with van der Waals surface area (Å²) in [5, 5.41) is 2.50. The van der Waals surface area contributed by atoms with E-state index in [4.69, 9.17) is 0 Å². The molecule has 3 nitrogen and oxygen atoms in total. The summed E-state index contributed by atoms with van der Waals surface area (Å²) in [5.41, 5.74) is 1.52. The van der Waals surface area contributed by atoms with E-state index >= 15 is 0 Å². The number of nitrogens with zero attached hydrogens (tertiary/aromatic N) is 1. The molecule has 1 aromatic carbocycles. The monoisotopic (exact) mass is 196 g/mol. The average Bonchev–Trinajstić information content (AvgIpc) is 2.57. The van der Waals surface area contributed by atoms with Crippen LogP contribution < -0.4 is 5.32 Å². The molecule has 0 fully saturated rings. The molecule has 0 bridgehead atoms. The first-order chi connectivity index (χ1) is 6.75. The van der Waals surface area contributed by atoms with Crippen LogP contribution in [0.1, 0.15) is 0 Å². The Morgan fingerprint density at radius 1 is 1.57 bits per heavy atom. The number of rotatable bonds is 3. The van der Waals surface area contributed by atoms with Crippen molar-refractivity contribution in [2.45, 2.75) is 6.43 Å². The SMILES string of the molecule is FC(F)CNc1nc2cc[c]cc2[nH]1. The van der Waals surface area contributed by atoms with Gasteiger partial charge >= 0.3 is 0 Å². The number of hydrogen-bond donors (Lipinski definition) is 2. The van der Waals surface area contributed by atoms with Crippen LogP contribution in [0.4, 0.5) is 14.7 Å². The molecule has 1 radical (unpaired) electrons. The molecule has 0 unspecified atom stereocenters. The Bertz CT molecular complexity index is 392. The van der Waals surface area contributed by atoms with Crippen LogP contribution in [0, 0.1) is 6.07 Å². The fourth-order valence-electron chi connectivity index (χ4n) is 1.15. The van der Waals surface area contributed by atoms with Crippen molar-refractivity contribution in [3.8, 4) is 0 Å². The molecule has 14 heavy (non-hydrogen) atoms. The Labute approximate surface area is 79.2 Å². The van der Waals surface area contributed by atoms with Crippen LogP contribution in [0.5, 0.6) is 0 Å². The second-order valence-electron chi connectivity index (χ2n) is 2.80. The normalized spacial score (nSPS) is 11.1. The van der Waals surface area contributed by atoms with Crippen molar-refractivity contribution in [3.05, 3.63) is 24.3 Å². The van der Waals surface area contributed by atoms with E-state index in [2.05, 4.69) is 21.4 Å². The number of imidazole rings is 1. The van der Waals surface area contributed by atoms with Gasteiger partial charge in [0, 0.05) is 0 Å². The van der Waals surface area contributed by atoms with E-state index in [0.29, 0.717) is 5.95 Å². The van der Waals surface area contributed by atoms with Gasteiger partial charge < -0.3 is 10.3 Å². The smallest absolute Gasteiger partial charge is 0.255 e. The molecule has 0 aliphatic rings. The molecule has 2 N–H and O–H groups in total. The minimum Gasteiger partial charge on any atom is -0.350 e. The van der Waals surface area contributed by atoms with Gasteiger partial charge in [0.05, 0.1) is 17.6 Å². The summed E-state index contributed by atoms with van der Waals surface area (Å²) < 4.78 is 23.7. The number of H-pyrrole nitrogens is 1. The molecule has 73 valence electrons. The predicted molar refractivity (Wildman–Crippen MR) is 49.4 cm³/mol. The maximum atomic E-state index is 11.9. The van der Waals surface area contributed by atoms with Crippen molar-refractivity contribution in [2.75, 3.05) is 11.9 Å². The standard InChI is InChI=1S/C9H8F2N3/c10-8(11)5-12-9-13-6-3-1-2-4-7(6)14-9/h1,3-4,8H,5H2,(H2,12,13,14). The van der Waals surface area contributed by atoms with Crippen molar-refractivity contribution >= 4 is 17.0 Å². The minimum absolute atomic E-state index is 0.361. The number of alkyl halides is 2. The summed E-state index contributed by atoms with van der Waals surface area (Å²) in [7, 11) is 0. The van der Waals surface area contributed by atoms with Gasteiger partial charge in [-0.15, -0.1) is 0 Å².